The van der Waals surface area contributed by atoms with Crippen molar-refractivity contribution in [2.24, 2.45) is 11.7 Å². The van der Waals surface area contributed by atoms with E-state index in [0.717, 1.165) is 6.42 Å². The Labute approximate surface area is 103 Å². The van der Waals surface area contributed by atoms with Gasteiger partial charge in [-0.05, 0) is 40.4 Å². The molecule has 0 spiro atoms. The number of nitrogens with two attached hydrogens (primary N) is 1. The molecule has 0 heterocycles. The summed E-state index contributed by atoms with van der Waals surface area (Å²) >= 11 is 3.23. The Morgan fingerprint density at radius 2 is 2.25 bits per heavy atom. The molecule has 0 aliphatic heterocycles. The zero-order valence-corrected chi connectivity index (χ0v) is 10.4. The molecule has 0 aromatic heterocycles. The molecule has 0 unspecified atom stereocenters. The molecule has 1 saturated carbocycles. The van der Waals surface area contributed by atoms with Crippen molar-refractivity contribution >= 4 is 15.9 Å². The van der Waals surface area contributed by atoms with Crippen LogP contribution in [0.5, 0.6) is 5.75 Å². The molecule has 1 aliphatic carbocycles. The maximum absolute atomic E-state index is 9.88. The molecule has 1 aromatic carbocycles. The number of nitrogens with zero attached hydrogens (tertiary/aromatic N) is 1. The predicted molar refractivity (Wildman–Crippen MR) is 64.8 cm³/mol. The lowest BCUT2D eigenvalue weighted by Gasteiger charge is -2.14. The highest BCUT2D eigenvalue weighted by Gasteiger charge is 2.26. The van der Waals surface area contributed by atoms with E-state index in [9.17, 15) is 5.11 Å². The summed E-state index contributed by atoms with van der Waals surface area (Å²) in [5, 5.41) is 18.7. The molecule has 1 aliphatic rings. The number of rotatable bonds is 3. The van der Waals surface area contributed by atoms with Crippen molar-refractivity contribution in [3.8, 4) is 11.8 Å². The predicted octanol–water partition coefficient (Wildman–Crippen LogP) is 2.83. The first-order valence-corrected chi connectivity index (χ1v) is 6.09. The van der Waals surface area contributed by atoms with E-state index >= 15 is 0 Å². The van der Waals surface area contributed by atoms with Gasteiger partial charge in [0, 0.05) is 11.6 Å². The molecule has 0 bridgehead atoms. The topological polar surface area (TPSA) is 70.0 Å². The molecule has 3 N–H and O–H groups in total. The highest BCUT2D eigenvalue weighted by molar-refractivity contribution is 9.10. The molecule has 0 saturated heterocycles. The lowest BCUT2D eigenvalue weighted by molar-refractivity contribution is 0.452. The zero-order chi connectivity index (χ0) is 11.7. The summed E-state index contributed by atoms with van der Waals surface area (Å²) in [7, 11) is 0. The third kappa shape index (κ3) is 2.37. The lowest BCUT2D eigenvalue weighted by atomic mass is 9.99. The highest BCUT2D eigenvalue weighted by Crippen LogP contribution is 2.40. The third-order valence-corrected chi connectivity index (χ3v) is 3.51. The number of nitriles is 1. The van der Waals surface area contributed by atoms with Crippen LogP contribution in [0.3, 0.4) is 0 Å². The SMILES string of the molecule is N#Cc1cc(Br)c(O)c([C@H](N)CC2CC2)c1. The van der Waals surface area contributed by atoms with Gasteiger partial charge in [0.1, 0.15) is 5.75 Å². The molecule has 4 heteroatoms. The van der Waals surface area contributed by atoms with E-state index in [1.807, 2.05) is 0 Å². The Balaban J connectivity index is 2.30. The van der Waals surface area contributed by atoms with Crippen molar-refractivity contribution in [1.82, 2.24) is 0 Å². The van der Waals surface area contributed by atoms with E-state index in [4.69, 9.17) is 11.0 Å². The molecular weight excluding hydrogens is 268 g/mol. The van der Waals surface area contributed by atoms with Gasteiger partial charge in [-0.3, -0.25) is 0 Å². The third-order valence-electron chi connectivity index (χ3n) is 2.91. The highest BCUT2D eigenvalue weighted by atomic mass is 79.9. The molecular formula is C12H13BrN2O. The van der Waals surface area contributed by atoms with Crippen LogP contribution in [0, 0.1) is 17.2 Å². The van der Waals surface area contributed by atoms with Crippen LogP contribution in [-0.2, 0) is 0 Å². The van der Waals surface area contributed by atoms with Crippen LogP contribution in [0.2, 0.25) is 0 Å². The number of halogens is 1. The summed E-state index contributed by atoms with van der Waals surface area (Å²) in [5.41, 5.74) is 7.22. The molecule has 0 radical (unpaired) electrons. The first-order chi connectivity index (χ1) is 7.61. The van der Waals surface area contributed by atoms with E-state index in [2.05, 4.69) is 22.0 Å². The van der Waals surface area contributed by atoms with E-state index in [-0.39, 0.29) is 11.8 Å². The summed E-state index contributed by atoms with van der Waals surface area (Å²) in [6.45, 7) is 0. The van der Waals surface area contributed by atoms with E-state index in [1.165, 1.54) is 12.8 Å². The van der Waals surface area contributed by atoms with Crippen LogP contribution in [0.25, 0.3) is 0 Å². The zero-order valence-electron chi connectivity index (χ0n) is 8.78. The number of aromatic hydroxyl groups is 1. The minimum absolute atomic E-state index is 0.159. The molecule has 0 amide bonds. The first-order valence-electron chi connectivity index (χ1n) is 5.30. The Hall–Kier alpha value is -1.05. The summed E-state index contributed by atoms with van der Waals surface area (Å²) in [4.78, 5) is 0. The van der Waals surface area contributed by atoms with Gasteiger partial charge in [0.15, 0.2) is 0 Å². The smallest absolute Gasteiger partial charge is 0.134 e. The van der Waals surface area contributed by atoms with Gasteiger partial charge in [-0.25, -0.2) is 0 Å². The average molecular weight is 281 g/mol. The van der Waals surface area contributed by atoms with Crippen LogP contribution in [-0.4, -0.2) is 5.11 Å². The number of hydrogen-bond donors (Lipinski definition) is 2. The van der Waals surface area contributed by atoms with Gasteiger partial charge < -0.3 is 10.8 Å². The Morgan fingerprint density at radius 3 is 2.81 bits per heavy atom. The molecule has 84 valence electrons. The monoisotopic (exact) mass is 280 g/mol. The van der Waals surface area contributed by atoms with Gasteiger partial charge in [-0.2, -0.15) is 5.26 Å². The molecule has 3 nitrogen and oxygen atoms in total. The quantitative estimate of drug-likeness (QED) is 0.895. The molecule has 1 fully saturated rings. The van der Waals surface area contributed by atoms with Gasteiger partial charge in [0.25, 0.3) is 0 Å². The summed E-state index contributed by atoms with van der Waals surface area (Å²) < 4.78 is 0.535. The number of benzene rings is 1. The second-order valence-corrected chi connectivity index (χ2v) is 5.15. The van der Waals surface area contributed by atoms with E-state index in [1.54, 1.807) is 12.1 Å². The van der Waals surface area contributed by atoms with Crippen LogP contribution in [0.15, 0.2) is 16.6 Å². The van der Waals surface area contributed by atoms with Crippen molar-refractivity contribution in [2.75, 3.05) is 0 Å². The lowest BCUT2D eigenvalue weighted by Crippen LogP contribution is -2.11. The Morgan fingerprint density at radius 1 is 1.56 bits per heavy atom. The van der Waals surface area contributed by atoms with E-state index in [0.29, 0.717) is 21.5 Å². The largest absolute Gasteiger partial charge is 0.506 e. The second-order valence-electron chi connectivity index (χ2n) is 4.29. The van der Waals surface area contributed by atoms with Crippen LogP contribution in [0.1, 0.15) is 36.4 Å². The maximum atomic E-state index is 9.88. The summed E-state index contributed by atoms with van der Waals surface area (Å²) in [6.07, 6.45) is 3.34. The van der Waals surface area contributed by atoms with Gasteiger partial charge >= 0.3 is 0 Å². The van der Waals surface area contributed by atoms with Crippen molar-refractivity contribution in [1.29, 1.82) is 5.26 Å². The fourth-order valence-corrected chi connectivity index (χ4v) is 2.28. The fourth-order valence-electron chi connectivity index (χ4n) is 1.81. The standard InChI is InChI=1S/C12H13BrN2O/c13-10-4-8(6-14)3-9(12(10)16)11(15)5-7-1-2-7/h3-4,7,11,16H,1-2,5,15H2/t11-/m1/s1. The van der Waals surface area contributed by atoms with Crippen LogP contribution < -0.4 is 5.73 Å². The second kappa shape index (κ2) is 4.44. The fraction of sp³-hybridized carbons (Fsp3) is 0.417. The minimum atomic E-state index is -0.183. The number of hydrogen-bond acceptors (Lipinski definition) is 3. The van der Waals surface area contributed by atoms with Gasteiger partial charge in [0.2, 0.25) is 0 Å². The Bertz CT molecular complexity index is 449. The van der Waals surface area contributed by atoms with Gasteiger partial charge in [-0.1, -0.05) is 12.8 Å². The van der Waals surface area contributed by atoms with Crippen molar-refractivity contribution in [3.63, 3.8) is 0 Å². The summed E-state index contributed by atoms with van der Waals surface area (Å²) in [5.74, 6) is 0.853. The molecule has 1 aromatic rings. The molecule has 1 atom stereocenters. The van der Waals surface area contributed by atoms with E-state index < -0.39 is 0 Å². The van der Waals surface area contributed by atoms with Crippen molar-refractivity contribution in [3.05, 3.63) is 27.7 Å². The molecule has 16 heavy (non-hydrogen) atoms. The van der Waals surface area contributed by atoms with Crippen molar-refractivity contribution in [2.45, 2.75) is 25.3 Å². The molecule has 2 rings (SSSR count). The van der Waals surface area contributed by atoms with Gasteiger partial charge in [-0.15, -0.1) is 0 Å². The van der Waals surface area contributed by atoms with Crippen molar-refractivity contribution < 1.29 is 5.11 Å². The van der Waals surface area contributed by atoms with Crippen LogP contribution in [0.4, 0.5) is 0 Å². The average Bonchev–Trinajstić information content (AvgIpc) is 3.05. The van der Waals surface area contributed by atoms with Crippen LogP contribution >= 0.6 is 15.9 Å². The van der Waals surface area contributed by atoms with Gasteiger partial charge in [0.05, 0.1) is 16.1 Å². The minimum Gasteiger partial charge on any atom is -0.506 e. The summed E-state index contributed by atoms with van der Waals surface area (Å²) in [6, 6.07) is 5.15. The number of phenols is 1. The first kappa shape index (κ1) is 11.4. The maximum Gasteiger partial charge on any atom is 0.134 e. The Kier molecular flexibility index (Phi) is 3.17. The number of phenolic OH excluding ortho intramolecular Hbond substituents is 1. The normalized spacial score (nSPS) is 16.8.